The van der Waals surface area contributed by atoms with Crippen LogP contribution in [0.25, 0.3) is 0 Å². The lowest BCUT2D eigenvalue weighted by Gasteiger charge is -2.46. The van der Waals surface area contributed by atoms with E-state index in [1.165, 1.54) is 12.8 Å². The lowest BCUT2D eigenvalue weighted by Crippen LogP contribution is -2.45. The molecule has 3 rings (SSSR count). The minimum Gasteiger partial charge on any atom is -0.370 e. The van der Waals surface area contributed by atoms with Gasteiger partial charge in [-0.2, -0.15) is 0 Å². The van der Waals surface area contributed by atoms with Gasteiger partial charge in [0, 0.05) is 19.5 Å². The molecule has 1 aromatic heterocycles. The smallest absolute Gasteiger partial charge is 0.160 e. The summed E-state index contributed by atoms with van der Waals surface area (Å²) in [6, 6.07) is 0. The first-order valence-electron chi connectivity index (χ1n) is 6.31. The second-order valence-corrected chi connectivity index (χ2v) is 4.89. The van der Waals surface area contributed by atoms with Gasteiger partial charge in [0.15, 0.2) is 5.82 Å². The molecule has 0 unspecified atom stereocenters. The van der Waals surface area contributed by atoms with Crippen molar-refractivity contribution in [2.45, 2.75) is 45.1 Å². The van der Waals surface area contributed by atoms with Crippen LogP contribution in [0.3, 0.4) is 0 Å². The van der Waals surface area contributed by atoms with E-state index in [0.29, 0.717) is 10.9 Å². The highest BCUT2D eigenvalue weighted by Gasteiger charge is 2.63. The van der Waals surface area contributed by atoms with Crippen LogP contribution >= 0.6 is 0 Å². The predicted octanol–water partition coefficient (Wildman–Crippen LogP) is 1.71. The van der Waals surface area contributed by atoms with Crippen molar-refractivity contribution in [2.24, 2.45) is 5.41 Å². The van der Waals surface area contributed by atoms with Crippen molar-refractivity contribution >= 4 is 13.3 Å². The van der Waals surface area contributed by atoms with Crippen molar-refractivity contribution in [2.75, 3.05) is 7.11 Å². The van der Waals surface area contributed by atoms with Gasteiger partial charge >= 0.3 is 0 Å². The Morgan fingerprint density at radius 3 is 2.12 bits per heavy atom. The normalized spacial score (nSPS) is 22.3. The van der Waals surface area contributed by atoms with Gasteiger partial charge in [-0.15, -0.1) is 0 Å². The lowest BCUT2D eigenvalue weighted by molar-refractivity contribution is -0.128. The van der Waals surface area contributed by atoms with Gasteiger partial charge in [0.25, 0.3) is 0 Å². The maximum atomic E-state index is 5.61. The van der Waals surface area contributed by atoms with Crippen molar-refractivity contribution in [3.05, 3.63) is 18.2 Å². The molecular formula is C13H19BN2O. The van der Waals surface area contributed by atoms with Crippen LogP contribution in [0.2, 0.25) is 0 Å². The molecule has 2 radical (unpaired) electrons. The number of ether oxygens (including phenoxy) is 1. The standard InChI is InChI=1S/C11H13BN2O.C2H6/c1-15-11(6-10(7-11)2-3-10)9-13-4-8(12)5-14-9;1-2/h4-5H,2-3,6-7H2,1H3;1-2H3. The van der Waals surface area contributed by atoms with Gasteiger partial charge in [-0.05, 0) is 31.1 Å². The van der Waals surface area contributed by atoms with Crippen molar-refractivity contribution in [1.29, 1.82) is 0 Å². The SMILES string of the molecule is CC.[B]c1cnc(C2(OC)CC3(CC3)C2)nc1. The third-order valence-corrected chi connectivity index (χ3v) is 3.75. The van der Waals surface area contributed by atoms with Crippen molar-refractivity contribution in [1.82, 2.24) is 9.97 Å². The fourth-order valence-corrected chi connectivity index (χ4v) is 2.66. The molecule has 1 aromatic rings. The van der Waals surface area contributed by atoms with Crippen molar-refractivity contribution in [3.8, 4) is 0 Å². The summed E-state index contributed by atoms with van der Waals surface area (Å²) in [7, 11) is 7.32. The third-order valence-electron chi connectivity index (χ3n) is 3.75. The van der Waals surface area contributed by atoms with Gasteiger partial charge in [0.05, 0.1) is 0 Å². The number of aromatic nitrogens is 2. The molecule has 2 fully saturated rings. The highest BCUT2D eigenvalue weighted by molar-refractivity contribution is 6.31. The van der Waals surface area contributed by atoms with Gasteiger partial charge in [0.1, 0.15) is 13.4 Å². The minimum atomic E-state index is -0.232. The highest BCUT2D eigenvalue weighted by Crippen LogP contribution is 2.68. The van der Waals surface area contributed by atoms with E-state index in [-0.39, 0.29) is 5.60 Å². The zero-order valence-corrected chi connectivity index (χ0v) is 10.9. The van der Waals surface area contributed by atoms with Gasteiger partial charge < -0.3 is 4.74 Å². The molecule has 0 saturated heterocycles. The monoisotopic (exact) mass is 230 g/mol. The van der Waals surface area contributed by atoms with Gasteiger partial charge in [-0.1, -0.05) is 19.3 Å². The average molecular weight is 230 g/mol. The fraction of sp³-hybridized carbons (Fsp3) is 0.692. The molecule has 0 atom stereocenters. The van der Waals surface area contributed by atoms with Crippen LogP contribution in [0.15, 0.2) is 12.4 Å². The molecule has 4 heteroatoms. The topological polar surface area (TPSA) is 35.0 Å². The Morgan fingerprint density at radius 1 is 1.18 bits per heavy atom. The van der Waals surface area contributed by atoms with Crippen LogP contribution in [0.4, 0.5) is 0 Å². The third kappa shape index (κ3) is 2.11. The van der Waals surface area contributed by atoms with Crippen LogP contribution < -0.4 is 5.46 Å². The van der Waals surface area contributed by atoms with Crippen molar-refractivity contribution < 1.29 is 4.74 Å². The molecule has 2 saturated carbocycles. The Morgan fingerprint density at radius 2 is 1.71 bits per heavy atom. The molecule has 90 valence electrons. The van der Waals surface area contributed by atoms with E-state index in [1.54, 1.807) is 19.5 Å². The number of rotatable bonds is 2. The van der Waals surface area contributed by atoms with E-state index in [0.717, 1.165) is 18.7 Å². The summed E-state index contributed by atoms with van der Waals surface area (Å²) in [5.74, 6) is 0.789. The van der Waals surface area contributed by atoms with Crippen LogP contribution in [-0.4, -0.2) is 24.9 Å². The highest BCUT2D eigenvalue weighted by atomic mass is 16.5. The molecule has 17 heavy (non-hydrogen) atoms. The largest absolute Gasteiger partial charge is 0.370 e. The zero-order valence-electron chi connectivity index (χ0n) is 10.9. The number of methoxy groups -OCH3 is 1. The molecule has 1 heterocycles. The average Bonchev–Trinajstić information content (AvgIpc) is 3.10. The minimum absolute atomic E-state index is 0.232. The quantitative estimate of drug-likeness (QED) is 0.725. The molecule has 0 aromatic carbocycles. The molecular weight excluding hydrogens is 211 g/mol. The maximum Gasteiger partial charge on any atom is 0.160 e. The first kappa shape index (κ1) is 12.6. The van der Waals surface area contributed by atoms with Crippen LogP contribution in [0, 0.1) is 5.41 Å². The summed E-state index contributed by atoms with van der Waals surface area (Å²) in [6.07, 6.45) is 8.13. The Hall–Kier alpha value is -0.895. The van der Waals surface area contributed by atoms with Gasteiger partial charge in [-0.25, -0.2) is 9.97 Å². The van der Waals surface area contributed by atoms with E-state index in [9.17, 15) is 0 Å². The molecule has 0 bridgehead atoms. The van der Waals surface area contributed by atoms with E-state index in [4.69, 9.17) is 12.6 Å². The van der Waals surface area contributed by atoms with E-state index >= 15 is 0 Å². The summed E-state index contributed by atoms with van der Waals surface area (Å²) in [5, 5.41) is 0. The summed E-state index contributed by atoms with van der Waals surface area (Å²) < 4.78 is 5.61. The zero-order chi connectivity index (χ0) is 12.5. The van der Waals surface area contributed by atoms with Crippen LogP contribution in [0.1, 0.15) is 45.4 Å². The summed E-state index contributed by atoms with van der Waals surface area (Å²) in [6.45, 7) is 4.00. The van der Waals surface area contributed by atoms with Gasteiger partial charge in [-0.3, -0.25) is 0 Å². The summed E-state index contributed by atoms with van der Waals surface area (Å²) in [5.41, 5.74) is 0.941. The Labute approximate surface area is 104 Å². The van der Waals surface area contributed by atoms with E-state index in [2.05, 4.69) is 9.97 Å². The molecule has 2 aliphatic rings. The summed E-state index contributed by atoms with van der Waals surface area (Å²) >= 11 is 0. The molecule has 3 nitrogen and oxygen atoms in total. The molecule has 2 aliphatic carbocycles. The molecule has 1 spiro atoms. The Kier molecular flexibility index (Phi) is 3.26. The summed E-state index contributed by atoms with van der Waals surface area (Å²) in [4.78, 5) is 8.55. The van der Waals surface area contributed by atoms with E-state index < -0.39 is 0 Å². The number of hydrogen-bond donors (Lipinski definition) is 0. The number of hydrogen-bond acceptors (Lipinski definition) is 3. The fourth-order valence-electron chi connectivity index (χ4n) is 2.66. The second kappa shape index (κ2) is 4.41. The van der Waals surface area contributed by atoms with Crippen molar-refractivity contribution in [3.63, 3.8) is 0 Å². The molecule has 0 amide bonds. The first-order valence-corrected chi connectivity index (χ1v) is 6.31. The maximum absolute atomic E-state index is 5.61. The van der Waals surface area contributed by atoms with E-state index in [1.807, 2.05) is 13.8 Å². The Bertz CT molecular complexity index is 379. The van der Waals surface area contributed by atoms with Gasteiger partial charge in [0.2, 0.25) is 0 Å². The number of nitrogens with zero attached hydrogens (tertiary/aromatic N) is 2. The molecule has 0 N–H and O–H groups in total. The van der Waals surface area contributed by atoms with Crippen LogP contribution in [-0.2, 0) is 10.3 Å². The lowest BCUT2D eigenvalue weighted by atomic mass is 9.67. The predicted molar refractivity (Wildman–Crippen MR) is 68.4 cm³/mol. The Balaban J connectivity index is 0.000000514. The second-order valence-electron chi connectivity index (χ2n) is 4.89. The molecule has 0 aliphatic heterocycles. The first-order chi connectivity index (χ1) is 8.18. The van der Waals surface area contributed by atoms with Crippen LogP contribution in [0.5, 0.6) is 0 Å².